The summed E-state index contributed by atoms with van der Waals surface area (Å²) in [6, 6.07) is 9.82. The molecule has 0 aromatic heterocycles. The number of benzene rings is 1. The predicted octanol–water partition coefficient (Wildman–Crippen LogP) is 2.41. The van der Waals surface area contributed by atoms with E-state index < -0.39 is 0 Å². The van der Waals surface area contributed by atoms with Gasteiger partial charge in [-0.2, -0.15) is 0 Å². The Morgan fingerprint density at radius 3 is 2.46 bits per heavy atom. The minimum atomic E-state index is -0.222. The van der Waals surface area contributed by atoms with Gasteiger partial charge in [0, 0.05) is 32.3 Å². The van der Waals surface area contributed by atoms with Crippen LogP contribution in [0.3, 0.4) is 0 Å². The van der Waals surface area contributed by atoms with Gasteiger partial charge in [-0.3, -0.25) is 9.69 Å². The molecule has 1 aromatic carbocycles. The van der Waals surface area contributed by atoms with E-state index in [2.05, 4.69) is 34.5 Å². The number of likely N-dealkylation sites (tertiary alicyclic amines) is 1. The summed E-state index contributed by atoms with van der Waals surface area (Å²) in [6.07, 6.45) is 6.99. The maximum Gasteiger partial charge on any atom is 0.228 e. The molecule has 0 radical (unpaired) electrons. The lowest BCUT2D eigenvalue weighted by Crippen LogP contribution is -2.46. The van der Waals surface area contributed by atoms with Crippen LogP contribution in [0.1, 0.15) is 36.8 Å². The third-order valence-electron chi connectivity index (χ3n) is 7.24. The first-order valence-corrected chi connectivity index (χ1v) is 10.3. The van der Waals surface area contributed by atoms with Gasteiger partial charge in [0.2, 0.25) is 5.91 Å². The van der Waals surface area contributed by atoms with Crippen molar-refractivity contribution in [1.29, 1.82) is 0 Å². The van der Waals surface area contributed by atoms with Gasteiger partial charge in [0.1, 0.15) is 0 Å². The zero-order valence-corrected chi connectivity index (χ0v) is 15.7. The third kappa shape index (κ3) is 2.97. The van der Waals surface area contributed by atoms with Crippen LogP contribution in [0, 0.1) is 17.3 Å². The van der Waals surface area contributed by atoms with Gasteiger partial charge in [-0.25, -0.2) is 0 Å². The molecule has 1 aromatic rings. The molecular weight excluding hydrogens is 324 g/mol. The minimum Gasteiger partial charge on any atom is -0.384 e. The highest BCUT2D eigenvalue weighted by Gasteiger charge is 2.52. The van der Waals surface area contributed by atoms with Gasteiger partial charge in [0.25, 0.3) is 0 Å². The molecule has 1 aliphatic heterocycles. The lowest BCUT2D eigenvalue weighted by Gasteiger charge is -2.24. The van der Waals surface area contributed by atoms with E-state index in [-0.39, 0.29) is 11.3 Å². The maximum absolute atomic E-state index is 12.9. The molecule has 1 N–H and O–H groups in total. The third-order valence-corrected chi connectivity index (χ3v) is 7.24. The highest BCUT2D eigenvalue weighted by Crippen LogP contribution is 2.47. The van der Waals surface area contributed by atoms with Gasteiger partial charge in [-0.15, -0.1) is 0 Å². The van der Waals surface area contributed by atoms with Gasteiger partial charge >= 0.3 is 0 Å². The van der Waals surface area contributed by atoms with E-state index in [1.54, 1.807) is 7.11 Å². The Morgan fingerprint density at radius 1 is 1.19 bits per heavy atom. The van der Waals surface area contributed by atoms with Crippen LogP contribution in [0.2, 0.25) is 0 Å². The molecule has 2 saturated carbocycles. The highest BCUT2D eigenvalue weighted by molar-refractivity contribution is 5.85. The number of nitrogens with zero attached hydrogens (tertiary/aromatic N) is 1. The van der Waals surface area contributed by atoms with E-state index >= 15 is 0 Å². The number of hydrogen-bond donors (Lipinski definition) is 1. The number of rotatable bonds is 6. The fourth-order valence-electron chi connectivity index (χ4n) is 5.29. The van der Waals surface area contributed by atoms with E-state index in [0.717, 1.165) is 31.8 Å². The number of carbonyl (C=O) groups excluding carboxylic acids is 1. The molecule has 1 saturated heterocycles. The van der Waals surface area contributed by atoms with Crippen LogP contribution < -0.4 is 5.32 Å². The first-order chi connectivity index (χ1) is 12.7. The van der Waals surface area contributed by atoms with Gasteiger partial charge < -0.3 is 10.1 Å². The zero-order chi connectivity index (χ0) is 17.7. The van der Waals surface area contributed by atoms with Gasteiger partial charge in [-0.1, -0.05) is 24.3 Å². The zero-order valence-electron chi connectivity index (χ0n) is 15.7. The molecule has 3 aliphatic carbocycles. The van der Waals surface area contributed by atoms with E-state index in [0.29, 0.717) is 24.6 Å². The first kappa shape index (κ1) is 16.8. The van der Waals surface area contributed by atoms with Crippen LogP contribution in [0.15, 0.2) is 24.3 Å². The Morgan fingerprint density at radius 2 is 1.88 bits per heavy atom. The first-order valence-electron chi connectivity index (χ1n) is 10.3. The summed E-state index contributed by atoms with van der Waals surface area (Å²) in [6.45, 7) is 2.75. The number of ether oxygens (including phenoxy) is 1. The predicted molar refractivity (Wildman–Crippen MR) is 101 cm³/mol. The van der Waals surface area contributed by atoms with Crippen molar-refractivity contribution < 1.29 is 9.53 Å². The fraction of sp³-hybridized carbons (Fsp3) is 0.682. The minimum absolute atomic E-state index is 0.222. The molecule has 4 heteroatoms. The summed E-state index contributed by atoms with van der Waals surface area (Å²) < 4.78 is 5.31. The van der Waals surface area contributed by atoms with Crippen molar-refractivity contribution in [1.82, 2.24) is 10.2 Å². The van der Waals surface area contributed by atoms with Gasteiger partial charge in [0.05, 0.1) is 12.0 Å². The topological polar surface area (TPSA) is 41.6 Å². The second kappa shape index (κ2) is 6.35. The van der Waals surface area contributed by atoms with Gasteiger partial charge in [-0.05, 0) is 61.5 Å². The molecule has 26 heavy (non-hydrogen) atoms. The van der Waals surface area contributed by atoms with Crippen LogP contribution in [-0.4, -0.2) is 49.7 Å². The monoisotopic (exact) mass is 354 g/mol. The molecule has 1 heterocycles. The van der Waals surface area contributed by atoms with Crippen molar-refractivity contribution in [3.05, 3.63) is 35.4 Å². The van der Waals surface area contributed by atoms with Crippen molar-refractivity contribution in [3.63, 3.8) is 0 Å². The number of amides is 1. The molecule has 1 amide bonds. The molecule has 4 aliphatic rings. The Balaban J connectivity index is 1.26. The maximum atomic E-state index is 12.9. The van der Waals surface area contributed by atoms with Crippen LogP contribution in [-0.2, 0) is 22.4 Å². The van der Waals surface area contributed by atoms with E-state index in [9.17, 15) is 4.79 Å². The van der Waals surface area contributed by atoms with E-state index in [1.165, 1.54) is 36.8 Å². The lowest BCUT2D eigenvalue weighted by molar-refractivity contribution is -0.129. The van der Waals surface area contributed by atoms with E-state index in [1.807, 2.05) is 0 Å². The SMILES string of the molecule is COCC1(C(=O)N[C@@H]2CN(C3Cc4ccccc4C3)C[C@H]2C2CC2)CC1. The van der Waals surface area contributed by atoms with Crippen molar-refractivity contribution in [2.24, 2.45) is 17.3 Å². The average molecular weight is 354 g/mol. The largest absolute Gasteiger partial charge is 0.384 e. The molecular formula is C22H30N2O2. The van der Waals surface area contributed by atoms with Crippen molar-refractivity contribution >= 4 is 5.91 Å². The number of nitrogens with one attached hydrogen (secondary N) is 1. The standard InChI is InChI=1S/C22H30N2O2/c1-26-14-22(8-9-22)21(25)23-20-13-24(12-19(20)15-6-7-15)18-10-16-4-2-3-5-17(16)11-18/h2-5,15,18-20H,6-14H2,1H3,(H,23,25)/t19-,20+/m0/s1. The summed E-state index contributed by atoms with van der Waals surface area (Å²) in [5.74, 6) is 1.71. The summed E-state index contributed by atoms with van der Waals surface area (Å²) in [5, 5.41) is 3.45. The molecule has 140 valence electrons. The highest BCUT2D eigenvalue weighted by atomic mass is 16.5. The van der Waals surface area contributed by atoms with Crippen molar-refractivity contribution in [2.75, 3.05) is 26.8 Å². The fourth-order valence-corrected chi connectivity index (χ4v) is 5.29. The van der Waals surface area contributed by atoms with Crippen LogP contribution >= 0.6 is 0 Å². The summed E-state index contributed by atoms with van der Waals surface area (Å²) in [5.41, 5.74) is 2.81. The average Bonchev–Trinajstić information content (AvgIpc) is 3.55. The van der Waals surface area contributed by atoms with Crippen molar-refractivity contribution in [3.8, 4) is 0 Å². The van der Waals surface area contributed by atoms with Crippen LogP contribution in [0.5, 0.6) is 0 Å². The van der Waals surface area contributed by atoms with Crippen LogP contribution in [0.25, 0.3) is 0 Å². The molecule has 0 spiro atoms. The summed E-state index contributed by atoms with van der Waals surface area (Å²) in [7, 11) is 1.70. The number of carbonyl (C=O) groups is 1. The lowest BCUT2D eigenvalue weighted by atomic mass is 9.97. The molecule has 4 nitrogen and oxygen atoms in total. The molecule has 0 bridgehead atoms. The number of hydrogen-bond acceptors (Lipinski definition) is 3. The molecule has 0 unspecified atom stereocenters. The molecule has 3 fully saturated rings. The van der Waals surface area contributed by atoms with Crippen LogP contribution in [0.4, 0.5) is 0 Å². The Labute approximate surface area is 156 Å². The molecule has 5 rings (SSSR count). The Bertz CT molecular complexity index is 670. The molecule has 2 atom stereocenters. The number of methoxy groups -OCH3 is 1. The Kier molecular flexibility index (Phi) is 4.09. The summed E-state index contributed by atoms with van der Waals surface area (Å²) in [4.78, 5) is 15.5. The smallest absolute Gasteiger partial charge is 0.228 e. The quantitative estimate of drug-likeness (QED) is 0.853. The normalized spacial score (nSPS) is 30.3. The second-order valence-corrected chi connectivity index (χ2v) is 9.08. The second-order valence-electron chi connectivity index (χ2n) is 9.08. The Hall–Kier alpha value is -1.39. The summed E-state index contributed by atoms with van der Waals surface area (Å²) >= 11 is 0. The van der Waals surface area contributed by atoms with Crippen molar-refractivity contribution in [2.45, 2.75) is 50.6 Å². The number of fused-ring (bicyclic) bond motifs is 1. The van der Waals surface area contributed by atoms with Gasteiger partial charge in [0.15, 0.2) is 0 Å². The van der Waals surface area contributed by atoms with E-state index in [4.69, 9.17) is 4.74 Å².